The Labute approximate surface area is 169 Å². The van der Waals surface area contributed by atoms with Crippen LogP contribution in [0, 0.1) is 0 Å². The van der Waals surface area contributed by atoms with Gasteiger partial charge in [0.2, 0.25) is 0 Å². The van der Waals surface area contributed by atoms with Gasteiger partial charge in [-0.15, -0.1) is 0 Å². The van der Waals surface area contributed by atoms with Crippen molar-refractivity contribution in [3.05, 3.63) is 35.4 Å². The highest BCUT2D eigenvalue weighted by Crippen LogP contribution is 2.45. The number of hydrogen-bond acceptors (Lipinski definition) is 8. The van der Waals surface area contributed by atoms with Crippen molar-refractivity contribution in [3.8, 4) is 34.1 Å². The van der Waals surface area contributed by atoms with E-state index in [1.807, 2.05) is 0 Å². The molecule has 1 heterocycles. The molecule has 0 saturated heterocycles. The molecule has 2 aromatic carbocycles. The van der Waals surface area contributed by atoms with Crippen LogP contribution in [0.15, 0.2) is 24.3 Å². The number of methoxy groups -OCH3 is 3. The van der Waals surface area contributed by atoms with E-state index in [0.717, 1.165) is 19.2 Å². The summed E-state index contributed by atoms with van der Waals surface area (Å²) in [6, 6.07) is 5.27. The number of hydrogen-bond donors (Lipinski definition) is 0. The van der Waals surface area contributed by atoms with Crippen LogP contribution in [-0.4, -0.2) is 41.2 Å². The van der Waals surface area contributed by atoms with Crippen LogP contribution in [0.2, 0.25) is 0 Å². The molecule has 0 aliphatic carbocycles. The zero-order valence-electron chi connectivity index (χ0n) is 15.8. The fourth-order valence-corrected chi connectivity index (χ4v) is 3.31. The third kappa shape index (κ3) is 3.70. The van der Waals surface area contributed by atoms with E-state index in [1.54, 1.807) is 12.1 Å². The maximum Gasteiger partial charge on any atom is 0.534 e. The van der Waals surface area contributed by atoms with E-state index in [9.17, 15) is 26.4 Å². The average molecular weight is 448 g/mol. The van der Waals surface area contributed by atoms with Gasteiger partial charge < -0.3 is 23.1 Å². The fourth-order valence-electron chi connectivity index (χ4n) is 2.84. The number of ether oxygens (including phenoxy) is 4. The van der Waals surface area contributed by atoms with Gasteiger partial charge in [-0.3, -0.25) is 0 Å². The molecule has 1 aliphatic heterocycles. The Bertz CT molecular complexity index is 1110. The molecule has 0 aromatic heterocycles. The van der Waals surface area contributed by atoms with Crippen LogP contribution in [0.5, 0.6) is 23.0 Å². The van der Waals surface area contributed by atoms with Crippen molar-refractivity contribution in [2.24, 2.45) is 0 Å². The second-order valence-electron chi connectivity index (χ2n) is 5.97. The molecule has 162 valence electrons. The average Bonchev–Trinajstić information content (AvgIpc) is 2.70. The second-order valence-corrected chi connectivity index (χ2v) is 7.51. The molecule has 0 bridgehead atoms. The molecule has 0 spiro atoms. The third-order valence-electron chi connectivity index (χ3n) is 4.25. The summed E-state index contributed by atoms with van der Waals surface area (Å²) in [5.41, 5.74) is -4.73. The first kappa shape index (κ1) is 21.6. The molecule has 12 heteroatoms. The number of esters is 1. The van der Waals surface area contributed by atoms with Crippen molar-refractivity contribution in [1.82, 2.24) is 0 Å². The van der Waals surface area contributed by atoms with Crippen molar-refractivity contribution >= 4 is 16.1 Å². The van der Waals surface area contributed by atoms with Crippen LogP contribution in [-0.2, 0) is 21.5 Å². The first-order chi connectivity index (χ1) is 14.0. The Hall–Kier alpha value is -3.15. The summed E-state index contributed by atoms with van der Waals surface area (Å²) in [6.07, 6.45) is 0. The molecule has 0 unspecified atom stereocenters. The second kappa shape index (κ2) is 7.59. The first-order valence-corrected chi connectivity index (χ1v) is 9.58. The largest absolute Gasteiger partial charge is 0.534 e. The summed E-state index contributed by atoms with van der Waals surface area (Å²) in [6.45, 7) is 0.00567. The highest BCUT2D eigenvalue weighted by atomic mass is 32.2. The summed E-state index contributed by atoms with van der Waals surface area (Å²) in [4.78, 5) is 12.1. The van der Waals surface area contributed by atoms with Crippen LogP contribution >= 0.6 is 0 Å². The maximum absolute atomic E-state index is 12.7. The normalized spacial score (nSPS) is 12.9. The molecular weight excluding hydrogens is 433 g/mol. The zero-order valence-corrected chi connectivity index (χ0v) is 16.6. The molecule has 8 nitrogen and oxygen atoms in total. The quantitative estimate of drug-likeness (QED) is 0.391. The number of halogens is 3. The van der Waals surface area contributed by atoms with Gasteiger partial charge in [0.25, 0.3) is 0 Å². The molecule has 0 radical (unpaired) electrons. The standard InChI is InChI=1S/C18H15F3O8S/c1-25-15-4-9-8-28-13-7-14(29-30(23,24)18(19,20)21)12(17(22)27-3)5-11(13)10(9)6-16(15)26-2/h4-7H,8H2,1-3H3. The Balaban J connectivity index is 2.20. The Morgan fingerprint density at radius 3 is 2.17 bits per heavy atom. The van der Waals surface area contributed by atoms with E-state index in [1.165, 1.54) is 14.2 Å². The molecule has 0 fully saturated rings. The number of fused-ring (bicyclic) bond motifs is 3. The van der Waals surface area contributed by atoms with Gasteiger partial charge in [-0.05, 0) is 23.8 Å². The molecule has 30 heavy (non-hydrogen) atoms. The van der Waals surface area contributed by atoms with E-state index in [-0.39, 0.29) is 12.4 Å². The van der Waals surface area contributed by atoms with Crippen molar-refractivity contribution in [1.29, 1.82) is 0 Å². The highest BCUT2D eigenvalue weighted by molar-refractivity contribution is 7.88. The van der Waals surface area contributed by atoms with Crippen molar-refractivity contribution in [2.75, 3.05) is 21.3 Å². The topological polar surface area (TPSA) is 97.4 Å². The van der Waals surface area contributed by atoms with Crippen molar-refractivity contribution in [3.63, 3.8) is 0 Å². The van der Waals surface area contributed by atoms with Crippen molar-refractivity contribution < 1.29 is 49.5 Å². The minimum absolute atomic E-state index is 0.00567. The smallest absolute Gasteiger partial charge is 0.493 e. The van der Waals surface area contributed by atoms with Crippen LogP contribution in [0.3, 0.4) is 0 Å². The molecule has 0 saturated carbocycles. The van der Waals surface area contributed by atoms with E-state index >= 15 is 0 Å². The van der Waals surface area contributed by atoms with Crippen molar-refractivity contribution in [2.45, 2.75) is 12.1 Å². The number of benzene rings is 2. The minimum atomic E-state index is -6.02. The van der Waals surface area contributed by atoms with Crippen LogP contribution < -0.4 is 18.4 Å². The molecule has 0 atom stereocenters. The van der Waals surface area contributed by atoms with Crippen LogP contribution in [0.25, 0.3) is 11.1 Å². The molecule has 1 aliphatic rings. The lowest BCUT2D eigenvalue weighted by molar-refractivity contribution is -0.0500. The van der Waals surface area contributed by atoms with Gasteiger partial charge in [-0.25, -0.2) is 4.79 Å². The number of carbonyl (C=O) groups excluding carboxylic acids is 1. The van der Waals surface area contributed by atoms with Crippen LogP contribution in [0.4, 0.5) is 13.2 Å². The van der Waals surface area contributed by atoms with Gasteiger partial charge in [-0.1, -0.05) is 0 Å². The van der Waals surface area contributed by atoms with Gasteiger partial charge in [0.05, 0.1) is 21.3 Å². The number of rotatable bonds is 5. The monoisotopic (exact) mass is 448 g/mol. The van der Waals surface area contributed by atoms with E-state index in [0.29, 0.717) is 28.2 Å². The lowest BCUT2D eigenvalue weighted by atomic mass is 9.94. The number of alkyl halides is 3. The predicted molar refractivity (Wildman–Crippen MR) is 96.3 cm³/mol. The summed E-state index contributed by atoms with van der Waals surface area (Å²) in [5.74, 6) is -1.18. The van der Waals surface area contributed by atoms with Gasteiger partial charge >= 0.3 is 21.6 Å². The lowest BCUT2D eigenvalue weighted by Gasteiger charge is -2.24. The Morgan fingerprint density at radius 1 is 0.967 bits per heavy atom. The fraction of sp³-hybridized carbons (Fsp3) is 0.278. The molecule has 3 rings (SSSR count). The summed E-state index contributed by atoms with van der Waals surface area (Å²) >= 11 is 0. The van der Waals surface area contributed by atoms with E-state index < -0.39 is 32.9 Å². The number of carbonyl (C=O) groups is 1. The molecule has 2 aromatic rings. The van der Waals surface area contributed by atoms with Crippen LogP contribution in [0.1, 0.15) is 15.9 Å². The highest BCUT2D eigenvalue weighted by Gasteiger charge is 2.49. The molecule has 0 N–H and O–H groups in total. The van der Waals surface area contributed by atoms with Gasteiger partial charge in [-0.2, -0.15) is 21.6 Å². The lowest BCUT2D eigenvalue weighted by Crippen LogP contribution is -2.28. The Morgan fingerprint density at radius 2 is 1.60 bits per heavy atom. The summed E-state index contributed by atoms with van der Waals surface area (Å²) in [7, 11) is -2.17. The minimum Gasteiger partial charge on any atom is -0.493 e. The van der Waals surface area contributed by atoms with Gasteiger partial charge in [0.15, 0.2) is 17.2 Å². The summed E-state index contributed by atoms with van der Waals surface area (Å²) < 4.78 is 85.8. The molecule has 0 amide bonds. The molecular formula is C18H15F3O8S. The predicted octanol–water partition coefficient (Wildman–Crippen LogP) is 3.28. The van der Waals surface area contributed by atoms with E-state index in [2.05, 4.69) is 8.92 Å². The zero-order chi connectivity index (χ0) is 22.3. The third-order valence-corrected chi connectivity index (χ3v) is 5.22. The first-order valence-electron chi connectivity index (χ1n) is 8.17. The summed E-state index contributed by atoms with van der Waals surface area (Å²) in [5, 5.41) is 0. The van der Waals surface area contributed by atoms with E-state index in [4.69, 9.17) is 14.2 Å². The Kier molecular flexibility index (Phi) is 5.46. The SMILES string of the molecule is COC(=O)c1cc2c(cc1OS(=O)(=O)C(F)(F)F)OCc1cc(OC)c(OC)cc1-2. The van der Waals surface area contributed by atoms with Gasteiger partial charge in [0, 0.05) is 17.2 Å². The van der Waals surface area contributed by atoms with Gasteiger partial charge in [0.1, 0.15) is 17.9 Å². The maximum atomic E-state index is 12.7.